The molecular weight excluding hydrogens is 214 g/mol. The Bertz CT molecular complexity index is 307. The Hall–Kier alpha value is -0.800. The van der Waals surface area contributed by atoms with Crippen LogP contribution >= 0.6 is 0 Å². The summed E-state index contributed by atoms with van der Waals surface area (Å²) in [7, 11) is 0. The fourth-order valence-corrected chi connectivity index (χ4v) is 1.48. The van der Waals surface area contributed by atoms with Crippen molar-refractivity contribution >= 4 is 0 Å². The summed E-state index contributed by atoms with van der Waals surface area (Å²) in [6.07, 6.45) is 3.06. The predicted octanol–water partition coefficient (Wildman–Crippen LogP) is 3.34. The first kappa shape index (κ1) is 14.3. The highest BCUT2D eigenvalue weighted by Gasteiger charge is 2.08. The molecule has 0 aliphatic carbocycles. The normalized spacial score (nSPS) is 13.2. The van der Waals surface area contributed by atoms with Crippen molar-refractivity contribution in [1.29, 1.82) is 0 Å². The zero-order valence-corrected chi connectivity index (χ0v) is 11.5. The van der Waals surface area contributed by atoms with Gasteiger partial charge in [0.05, 0.1) is 12.4 Å². The summed E-state index contributed by atoms with van der Waals surface area (Å²) in [4.78, 5) is 0. The van der Waals surface area contributed by atoms with Crippen LogP contribution in [0.25, 0.3) is 0 Å². The van der Waals surface area contributed by atoms with E-state index in [2.05, 4.69) is 33.0 Å². The second kappa shape index (κ2) is 7.51. The van der Waals surface area contributed by atoms with E-state index in [1.54, 1.807) is 6.26 Å². The van der Waals surface area contributed by atoms with Crippen LogP contribution in [0.15, 0.2) is 16.7 Å². The summed E-state index contributed by atoms with van der Waals surface area (Å²) in [6.45, 7) is 11.1. The molecule has 0 amide bonds. The molecule has 0 aliphatic heterocycles. The van der Waals surface area contributed by atoms with E-state index >= 15 is 0 Å². The summed E-state index contributed by atoms with van der Waals surface area (Å²) in [6, 6.07) is 2.02. The molecule has 1 unspecified atom stereocenters. The van der Waals surface area contributed by atoms with E-state index < -0.39 is 0 Å². The lowest BCUT2D eigenvalue weighted by atomic mass is 10.2. The maximum Gasteiger partial charge on any atom is 0.133 e. The molecule has 0 bridgehead atoms. The number of hydrogen-bond donors (Lipinski definition) is 1. The van der Waals surface area contributed by atoms with Crippen molar-refractivity contribution in [2.45, 2.75) is 53.4 Å². The highest BCUT2D eigenvalue weighted by Crippen LogP contribution is 2.13. The van der Waals surface area contributed by atoms with Gasteiger partial charge < -0.3 is 14.5 Å². The molecule has 0 radical (unpaired) electrons. The van der Waals surface area contributed by atoms with E-state index in [1.807, 2.05) is 6.07 Å². The fraction of sp³-hybridized carbons (Fsp3) is 0.714. The van der Waals surface area contributed by atoms with Gasteiger partial charge >= 0.3 is 0 Å². The lowest BCUT2D eigenvalue weighted by Gasteiger charge is -2.11. The third-order valence-corrected chi connectivity index (χ3v) is 2.78. The van der Waals surface area contributed by atoms with E-state index in [1.165, 1.54) is 5.56 Å². The minimum absolute atomic E-state index is 0.288. The lowest BCUT2D eigenvalue weighted by Crippen LogP contribution is -2.19. The Labute approximate surface area is 105 Å². The highest BCUT2D eigenvalue weighted by atomic mass is 16.5. The van der Waals surface area contributed by atoms with Gasteiger partial charge in [-0.3, -0.25) is 0 Å². The SMILES string of the molecule is CCC(C)OCc1occc1CNCC(C)C. The van der Waals surface area contributed by atoms with Gasteiger partial charge in [-0.15, -0.1) is 0 Å². The Kier molecular flexibility index (Phi) is 6.30. The first-order chi connectivity index (χ1) is 8.13. The predicted molar refractivity (Wildman–Crippen MR) is 69.8 cm³/mol. The van der Waals surface area contributed by atoms with Crippen LogP contribution in [0, 0.1) is 5.92 Å². The molecule has 1 heterocycles. The van der Waals surface area contributed by atoms with Crippen molar-refractivity contribution in [1.82, 2.24) is 5.32 Å². The van der Waals surface area contributed by atoms with E-state index in [9.17, 15) is 0 Å². The fourth-order valence-electron chi connectivity index (χ4n) is 1.48. The Balaban J connectivity index is 2.37. The third-order valence-electron chi connectivity index (χ3n) is 2.78. The Morgan fingerprint density at radius 1 is 1.35 bits per heavy atom. The van der Waals surface area contributed by atoms with Crippen LogP contribution in [-0.4, -0.2) is 12.6 Å². The zero-order chi connectivity index (χ0) is 12.7. The van der Waals surface area contributed by atoms with Crippen LogP contribution in [0.3, 0.4) is 0 Å². The molecule has 1 rings (SSSR count). The number of ether oxygens (including phenoxy) is 1. The van der Waals surface area contributed by atoms with Gasteiger partial charge in [0, 0.05) is 12.1 Å². The highest BCUT2D eigenvalue weighted by molar-refractivity contribution is 5.16. The molecule has 17 heavy (non-hydrogen) atoms. The van der Waals surface area contributed by atoms with E-state index in [4.69, 9.17) is 9.15 Å². The van der Waals surface area contributed by atoms with E-state index in [0.717, 1.165) is 25.3 Å². The van der Waals surface area contributed by atoms with E-state index in [-0.39, 0.29) is 6.10 Å². The quantitative estimate of drug-likeness (QED) is 0.755. The van der Waals surface area contributed by atoms with Gasteiger partial charge in [-0.05, 0) is 31.9 Å². The van der Waals surface area contributed by atoms with E-state index in [0.29, 0.717) is 12.5 Å². The molecule has 3 heteroatoms. The molecular formula is C14H25NO2. The van der Waals surface area contributed by atoms with Gasteiger partial charge in [0.1, 0.15) is 12.4 Å². The van der Waals surface area contributed by atoms with Crippen molar-refractivity contribution in [2.24, 2.45) is 5.92 Å². The molecule has 0 saturated carbocycles. The minimum atomic E-state index is 0.288. The molecule has 0 fully saturated rings. The van der Waals surface area contributed by atoms with Gasteiger partial charge in [-0.2, -0.15) is 0 Å². The number of hydrogen-bond acceptors (Lipinski definition) is 3. The molecule has 0 aliphatic rings. The smallest absolute Gasteiger partial charge is 0.133 e. The Morgan fingerprint density at radius 3 is 2.76 bits per heavy atom. The Morgan fingerprint density at radius 2 is 2.12 bits per heavy atom. The summed E-state index contributed by atoms with van der Waals surface area (Å²) in [5.41, 5.74) is 1.20. The molecule has 98 valence electrons. The molecule has 0 aromatic carbocycles. The topological polar surface area (TPSA) is 34.4 Å². The minimum Gasteiger partial charge on any atom is -0.467 e. The van der Waals surface area contributed by atoms with Crippen molar-refractivity contribution < 1.29 is 9.15 Å². The van der Waals surface area contributed by atoms with Gasteiger partial charge in [0.25, 0.3) is 0 Å². The second-order valence-electron chi connectivity index (χ2n) is 4.92. The molecule has 0 spiro atoms. The summed E-state index contributed by atoms with van der Waals surface area (Å²) < 4.78 is 11.1. The average molecular weight is 239 g/mol. The van der Waals surface area contributed by atoms with Crippen LogP contribution in [0.5, 0.6) is 0 Å². The van der Waals surface area contributed by atoms with Gasteiger partial charge in [-0.1, -0.05) is 20.8 Å². The lowest BCUT2D eigenvalue weighted by molar-refractivity contribution is 0.0400. The zero-order valence-electron chi connectivity index (χ0n) is 11.5. The number of furan rings is 1. The maximum atomic E-state index is 5.68. The average Bonchev–Trinajstić information content (AvgIpc) is 2.73. The monoisotopic (exact) mass is 239 g/mol. The number of nitrogens with one attached hydrogen (secondary N) is 1. The van der Waals surface area contributed by atoms with Gasteiger partial charge in [-0.25, -0.2) is 0 Å². The summed E-state index contributed by atoms with van der Waals surface area (Å²) >= 11 is 0. The van der Waals surface area contributed by atoms with Crippen LogP contribution < -0.4 is 5.32 Å². The van der Waals surface area contributed by atoms with Crippen molar-refractivity contribution in [3.8, 4) is 0 Å². The molecule has 1 atom stereocenters. The summed E-state index contributed by atoms with van der Waals surface area (Å²) in [5, 5.41) is 3.41. The van der Waals surface area contributed by atoms with Gasteiger partial charge in [0.2, 0.25) is 0 Å². The molecule has 1 aromatic rings. The maximum absolute atomic E-state index is 5.68. The van der Waals surface area contributed by atoms with Crippen LogP contribution in [0.1, 0.15) is 45.4 Å². The van der Waals surface area contributed by atoms with Crippen molar-refractivity contribution in [2.75, 3.05) is 6.54 Å². The first-order valence-electron chi connectivity index (χ1n) is 6.51. The number of rotatable bonds is 8. The van der Waals surface area contributed by atoms with Crippen molar-refractivity contribution in [3.63, 3.8) is 0 Å². The van der Waals surface area contributed by atoms with Crippen LogP contribution in [0.2, 0.25) is 0 Å². The molecule has 1 aromatic heterocycles. The molecule has 3 nitrogen and oxygen atoms in total. The van der Waals surface area contributed by atoms with Gasteiger partial charge in [0.15, 0.2) is 0 Å². The largest absolute Gasteiger partial charge is 0.467 e. The summed E-state index contributed by atoms with van der Waals surface area (Å²) in [5.74, 6) is 1.61. The second-order valence-corrected chi connectivity index (χ2v) is 4.92. The first-order valence-corrected chi connectivity index (χ1v) is 6.51. The van der Waals surface area contributed by atoms with Crippen LogP contribution in [-0.2, 0) is 17.9 Å². The molecule has 0 saturated heterocycles. The molecule has 1 N–H and O–H groups in total. The van der Waals surface area contributed by atoms with Crippen LogP contribution in [0.4, 0.5) is 0 Å². The standard InChI is InChI=1S/C14H25NO2/c1-5-12(4)17-10-14-13(6-7-16-14)9-15-8-11(2)3/h6-7,11-12,15H,5,8-10H2,1-4H3. The third kappa shape index (κ3) is 5.37. The van der Waals surface area contributed by atoms with Crippen molar-refractivity contribution in [3.05, 3.63) is 23.7 Å².